The van der Waals surface area contributed by atoms with E-state index < -0.39 is 0 Å². The Hall–Kier alpha value is -1.29. The van der Waals surface area contributed by atoms with Crippen molar-refractivity contribution in [1.29, 1.82) is 5.26 Å². The molecule has 0 spiro atoms. The number of benzene rings is 1. The standard InChI is InChI=1S/C12H13N/c1-9-4-3-5-11(10(9)2)12(8-13)6-7-12/h3-5H,6-7H2,1-2H3. The number of hydrogen-bond acceptors (Lipinski definition) is 1. The van der Waals surface area contributed by atoms with Crippen LogP contribution in [0.1, 0.15) is 29.5 Å². The molecule has 0 heterocycles. The van der Waals surface area contributed by atoms with E-state index in [-0.39, 0.29) is 5.41 Å². The lowest BCUT2D eigenvalue weighted by molar-refractivity contribution is 0.891. The Bertz CT molecular complexity index is 381. The summed E-state index contributed by atoms with van der Waals surface area (Å²) in [7, 11) is 0. The zero-order chi connectivity index (χ0) is 9.47. The molecule has 0 aliphatic heterocycles. The fourth-order valence-corrected chi connectivity index (χ4v) is 1.84. The molecule has 1 heteroatoms. The maximum absolute atomic E-state index is 9.08. The molecule has 1 saturated carbocycles. The number of nitrogens with zero attached hydrogens (tertiary/aromatic N) is 1. The van der Waals surface area contributed by atoms with Crippen LogP contribution in [0.5, 0.6) is 0 Å². The van der Waals surface area contributed by atoms with Crippen LogP contribution >= 0.6 is 0 Å². The highest BCUT2D eigenvalue weighted by Gasteiger charge is 2.45. The summed E-state index contributed by atoms with van der Waals surface area (Å²) in [6, 6.07) is 8.69. The van der Waals surface area contributed by atoms with E-state index >= 15 is 0 Å². The Kier molecular flexibility index (Phi) is 1.66. The van der Waals surface area contributed by atoms with Crippen LogP contribution in [0.15, 0.2) is 18.2 Å². The van der Waals surface area contributed by atoms with Crippen molar-refractivity contribution in [2.45, 2.75) is 32.1 Å². The van der Waals surface area contributed by atoms with Gasteiger partial charge in [-0.05, 0) is 43.4 Å². The van der Waals surface area contributed by atoms with Crippen LogP contribution in [-0.4, -0.2) is 0 Å². The minimum absolute atomic E-state index is 0.129. The smallest absolute Gasteiger partial charge is 0.0826 e. The number of aryl methyl sites for hydroxylation is 1. The van der Waals surface area contributed by atoms with E-state index in [2.05, 4.69) is 38.1 Å². The highest BCUT2D eigenvalue weighted by atomic mass is 14.5. The van der Waals surface area contributed by atoms with Crippen LogP contribution in [0, 0.1) is 25.2 Å². The van der Waals surface area contributed by atoms with Gasteiger partial charge in [-0.25, -0.2) is 0 Å². The van der Waals surface area contributed by atoms with Gasteiger partial charge in [0.25, 0.3) is 0 Å². The summed E-state index contributed by atoms with van der Waals surface area (Å²) in [5.41, 5.74) is 3.70. The lowest BCUT2D eigenvalue weighted by Crippen LogP contribution is -2.05. The molecule has 1 aromatic rings. The predicted molar refractivity (Wildman–Crippen MR) is 52.4 cm³/mol. The van der Waals surface area contributed by atoms with Crippen LogP contribution in [0.3, 0.4) is 0 Å². The van der Waals surface area contributed by atoms with Crippen molar-refractivity contribution >= 4 is 0 Å². The normalized spacial score (nSPS) is 17.9. The summed E-state index contributed by atoms with van der Waals surface area (Å²) in [6.07, 6.45) is 2.07. The van der Waals surface area contributed by atoms with Crippen LogP contribution < -0.4 is 0 Å². The summed E-state index contributed by atoms with van der Waals surface area (Å²) in [4.78, 5) is 0. The van der Waals surface area contributed by atoms with Crippen LogP contribution in [-0.2, 0) is 5.41 Å². The lowest BCUT2D eigenvalue weighted by Gasteiger charge is -2.11. The molecule has 0 radical (unpaired) electrons. The van der Waals surface area contributed by atoms with Crippen molar-refractivity contribution < 1.29 is 0 Å². The van der Waals surface area contributed by atoms with Gasteiger partial charge in [0, 0.05) is 0 Å². The number of rotatable bonds is 1. The van der Waals surface area contributed by atoms with Crippen LogP contribution in [0.25, 0.3) is 0 Å². The topological polar surface area (TPSA) is 23.8 Å². The third-order valence-electron chi connectivity index (χ3n) is 3.08. The molecule has 0 atom stereocenters. The Balaban J connectivity index is 2.54. The molecule has 0 aromatic heterocycles. The summed E-state index contributed by atoms with van der Waals surface area (Å²) in [5, 5.41) is 9.08. The van der Waals surface area contributed by atoms with Crippen molar-refractivity contribution in [2.24, 2.45) is 0 Å². The van der Waals surface area contributed by atoms with Crippen LogP contribution in [0.4, 0.5) is 0 Å². The van der Waals surface area contributed by atoms with Gasteiger partial charge >= 0.3 is 0 Å². The molecular weight excluding hydrogens is 158 g/mol. The van der Waals surface area contributed by atoms with Gasteiger partial charge in [-0.1, -0.05) is 18.2 Å². The first-order valence-electron chi connectivity index (χ1n) is 4.67. The van der Waals surface area contributed by atoms with Gasteiger partial charge in [0.1, 0.15) is 0 Å². The van der Waals surface area contributed by atoms with Gasteiger partial charge < -0.3 is 0 Å². The fraction of sp³-hybridized carbons (Fsp3) is 0.417. The average molecular weight is 171 g/mol. The van der Waals surface area contributed by atoms with Gasteiger partial charge in [0.05, 0.1) is 11.5 Å². The van der Waals surface area contributed by atoms with E-state index in [9.17, 15) is 0 Å². The monoisotopic (exact) mass is 171 g/mol. The first-order chi connectivity index (χ1) is 6.19. The summed E-state index contributed by atoms with van der Waals surface area (Å²) in [6.45, 7) is 4.22. The molecule has 2 rings (SSSR count). The van der Waals surface area contributed by atoms with Crippen molar-refractivity contribution in [2.75, 3.05) is 0 Å². The van der Waals surface area contributed by atoms with E-state index in [4.69, 9.17) is 5.26 Å². The highest BCUT2D eigenvalue weighted by Crippen LogP contribution is 2.48. The molecule has 1 aliphatic carbocycles. The molecule has 1 aliphatic rings. The molecule has 0 saturated heterocycles. The molecule has 0 bridgehead atoms. The first-order valence-corrected chi connectivity index (χ1v) is 4.67. The van der Waals surface area contributed by atoms with Gasteiger partial charge in [-0.2, -0.15) is 5.26 Å². The van der Waals surface area contributed by atoms with E-state index in [0.717, 1.165) is 12.8 Å². The summed E-state index contributed by atoms with van der Waals surface area (Å²) in [5.74, 6) is 0. The Morgan fingerprint density at radius 3 is 2.54 bits per heavy atom. The fourth-order valence-electron chi connectivity index (χ4n) is 1.84. The Morgan fingerprint density at radius 1 is 1.31 bits per heavy atom. The quantitative estimate of drug-likeness (QED) is 0.637. The van der Waals surface area contributed by atoms with E-state index in [1.165, 1.54) is 16.7 Å². The molecule has 0 unspecified atom stereocenters. The van der Waals surface area contributed by atoms with E-state index in [1.807, 2.05) is 0 Å². The molecule has 1 fully saturated rings. The Morgan fingerprint density at radius 2 is 2.00 bits per heavy atom. The summed E-state index contributed by atoms with van der Waals surface area (Å²) < 4.78 is 0. The zero-order valence-electron chi connectivity index (χ0n) is 8.09. The molecule has 1 nitrogen and oxygen atoms in total. The molecule has 0 N–H and O–H groups in total. The van der Waals surface area contributed by atoms with Gasteiger partial charge in [-0.3, -0.25) is 0 Å². The van der Waals surface area contributed by atoms with Crippen molar-refractivity contribution in [3.8, 4) is 6.07 Å². The van der Waals surface area contributed by atoms with Gasteiger partial charge in [-0.15, -0.1) is 0 Å². The zero-order valence-corrected chi connectivity index (χ0v) is 8.09. The van der Waals surface area contributed by atoms with Gasteiger partial charge in [0.15, 0.2) is 0 Å². The lowest BCUT2D eigenvalue weighted by atomic mass is 9.91. The third kappa shape index (κ3) is 1.14. The van der Waals surface area contributed by atoms with Gasteiger partial charge in [0.2, 0.25) is 0 Å². The van der Waals surface area contributed by atoms with E-state index in [0.29, 0.717) is 0 Å². The van der Waals surface area contributed by atoms with Crippen molar-refractivity contribution in [3.05, 3.63) is 34.9 Å². The maximum Gasteiger partial charge on any atom is 0.0826 e. The van der Waals surface area contributed by atoms with Crippen molar-refractivity contribution in [3.63, 3.8) is 0 Å². The largest absolute Gasteiger partial charge is 0.197 e. The van der Waals surface area contributed by atoms with Crippen molar-refractivity contribution in [1.82, 2.24) is 0 Å². The second-order valence-electron chi connectivity index (χ2n) is 3.94. The number of nitriles is 1. The SMILES string of the molecule is Cc1cccc(C2(C#N)CC2)c1C. The minimum Gasteiger partial charge on any atom is -0.197 e. The van der Waals surface area contributed by atoms with Crippen LogP contribution in [0.2, 0.25) is 0 Å². The third-order valence-corrected chi connectivity index (χ3v) is 3.08. The second kappa shape index (κ2) is 2.60. The number of hydrogen-bond donors (Lipinski definition) is 0. The minimum atomic E-state index is -0.129. The molecular formula is C12H13N. The Labute approximate surface area is 79.0 Å². The molecule has 1 aromatic carbocycles. The average Bonchev–Trinajstić information content (AvgIpc) is 2.90. The van der Waals surface area contributed by atoms with E-state index in [1.54, 1.807) is 0 Å². The predicted octanol–water partition coefficient (Wildman–Crippen LogP) is 2.86. The molecule has 66 valence electrons. The highest BCUT2D eigenvalue weighted by molar-refractivity contribution is 5.46. The first kappa shape index (κ1) is 8.31. The summed E-state index contributed by atoms with van der Waals surface area (Å²) >= 11 is 0. The second-order valence-corrected chi connectivity index (χ2v) is 3.94. The molecule has 0 amide bonds. The molecule has 13 heavy (non-hydrogen) atoms. The maximum atomic E-state index is 9.08.